The molecular formula is C19H21N3O2S. The van der Waals surface area contributed by atoms with E-state index < -0.39 is 0 Å². The van der Waals surface area contributed by atoms with Gasteiger partial charge in [-0.2, -0.15) is 0 Å². The van der Waals surface area contributed by atoms with Gasteiger partial charge in [-0.3, -0.25) is 0 Å². The molecule has 25 heavy (non-hydrogen) atoms. The summed E-state index contributed by atoms with van der Waals surface area (Å²) in [5.41, 5.74) is 1.03. The van der Waals surface area contributed by atoms with Crippen molar-refractivity contribution in [3.05, 3.63) is 42.0 Å². The van der Waals surface area contributed by atoms with Crippen LogP contribution in [-0.2, 0) is 0 Å². The topological polar surface area (TPSA) is 47.5 Å². The molecule has 0 bridgehead atoms. The molecule has 1 fully saturated rings. The summed E-state index contributed by atoms with van der Waals surface area (Å²) in [5, 5.41) is 2.07. The van der Waals surface area contributed by atoms with Gasteiger partial charge in [0.2, 0.25) is 0 Å². The van der Waals surface area contributed by atoms with Gasteiger partial charge in [0.05, 0.1) is 16.8 Å². The zero-order valence-electron chi connectivity index (χ0n) is 14.2. The molecule has 0 aliphatic carbocycles. The van der Waals surface area contributed by atoms with Crippen molar-refractivity contribution >= 4 is 27.4 Å². The summed E-state index contributed by atoms with van der Waals surface area (Å²) in [7, 11) is 0. The van der Waals surface area contributed by atoms with E-state index >= 15 is 0 Å². The van der Waals surface area contributed by atoms with Crippen LogP contribution < -0.4 is 14.4 Å². The molecule has 130 valence electrons. The Hall–Kier alpha value is -2.34. The van der Waals surface area contributed by atoms with Crippen LogP contribution in [0.25, 0.3) is 10.2 Å². The maximum atomic E-state index is 6.21. The number of rotatable bonds is 5. The molecule has 2 aromatic heterocycles. The number of ether oxygens (including phenoxy) is 2. The van der Waals surface area contributed by atoms with Gasteiger partial charge in [0, 0.05) is 25.9 Å². The average Bonchev–Trinajstić information content (AvgIpc) is 3.13. The van der Waals surface area contributed by atoms with Crippen molar-refractivity contribution in [2.45, 2.75) is 25.9 Å². The molecule has 3 heterocycles. The van der Waals surface area contributed by atoms with E-state index in [1.807, 2.05) is 37.3 Å². The zero-order valence-corrected chi connectivity index (χ0v) is 15.0. The number of aromatic nitrogens is 2. The van der Waals surface area contributed by atoms with Crippen LogP contribution in [0.1, 0.15) is 19.8 Å². The molecule has 0 N–H and O–H groups in total. The number of para-hydroxylation sites is 2. The SMILES string of the molecule is CCOc1ccccc1OC1CCN(c2ncnc3ccsc23)CC1. The lowest BCUT2D eigenvalue weighted by atomic mass is 10.1. The Bertz CT molecular complexity index is 843. The fraction of sp³-hybridized carbons (Fsp3) is 0.368. The molecule has 0 amide bonds. The number of hydrogen-bond donors (Lipinski definition) is 0. The summed E-state index contributed by atoms with van der Waals surface area (Å²) in [4.78, 5) is 11.2. The first-order valence-electron chi connectivity index (χ1n) is 8.67. The van der Waals surface area contributed by atoms with E-state index in [2.05, 4.69) is 20.2 Å². The van der Waals surface area contributed by atoms with Gasteiger partial charge in [-0.15, -0.1) is 11.3 Å². The molecule has 0 saturated carbocycles. The van der Waals surface area contributed by atoms with Crippen LogP contribution >= 0.6 is 11.3 Å². The van der Waals surface area contributed by atoms with E-state index in [-0.39, 0.29) is 6.10 Å². The highest BCUT2D eigenvalue weighted by Crippen LogP contribution is 2.32. The van der Waals surface area contributed by atoms with Crippen LogP contribution in [0.4, 0.5) is 5.82 Å². The van der Waals surface area contributed by atoms with Crippen molar-refractivity contribution in [1.29, 1.82) is 0 Å². The molecular weight excluding hydrogens is 334 g/mol. The largest absolute Gasteiger partial charge is 0.490 e. The van der Waals surface area contributed by atoms with E-state index in [0.717, 1.165) is 48.8 Å². The van der Waals surface area contributed by atoms with Gasteiger partial charge >= 0.3 is 0 Å². The fourth-order valence-electron chi connectivity index (χ4n) is 3.19. The summed E-state index contributed by atoms with van der Waals surface area (Å²) in [6, 6.07) is 9.95. The van der Waals surface area contributed by atoms with E-state index in [9.17, 15) is 0 Å². The van der Waals surface area contributed by atoms with Gasteiger partial charge in [-0.1, -0.05) is 12.1 Å². The molecule has 3 aromatic rings. The lowest BCUT2D eigenvalue weighted by Crippen LogP contribution is -2.38. The lowest BCUT2D eigenvalue weighted by Gasteiger charge is -2.33. The van der Waals surface area contributed by atoms with Gasteiger partial charge in [0.25, 0.3) is 0 Å². The Labute approximate surface area is 151 Å². The quantitative estimate of drug-likeness (QED) is 0.688. The minimum atomic E-state index is 0.207. The summed E-state index contributed by atoms with van der Waals surface area (Å²) < 4.78 is 13.0. The van der Waals surface area contributed by atoms with E-state index in [1.54, 1.807) is 17.7 Å². The highest BCUT2D eigenvalue weighted by Gasteiger charge is 2.24. The monoisotopic (exact) mass is 355 g/mol. The average molecular weight is 355 g/mol. The minimum Gasteiger partial charge on any atom is -0.490 e. The molecule has 1 aromatic carbocycles. The second kappa shape index (κ2) is 7.27. The fourth-order valence-corrected chi connectivity index (χ4v) is 4.05. The van der Waals surface area contributed by atoms with Gasteiger partial charge in [0.15, 0.2) is 11.5 Å². The van der Waals surface area contributed by atoms with Crippen LogP contribution in [0.15, 0.2) is 42.0 Å². The third-order valence-corrected chi connectivity index (χ3v) is 5.31. The maximum Gasteiger partial charge on any atom is 0.161 e. The molecule has 0 unspecified atom stereocenters. The molecule has 0 atom stereocenters. The predicted molar refractivity (Wildman–Crippen MR) is 101 cm³/mol. The number of anilines is 1. The zero-order chi connectivity index (χ0) is 17.1. The maximum absolute atomic E-state index is 6.21. The van der Waals surface area contributed by atoms with E-state index in [1.165, 1.54) is 4.70 Å². The van der Waals surface area contributed by atoms with Gasteiger partial charge in [0.1, 0.15) is 18.2 Å². The molecule has 1 saturated heterocycles. The van der Waals surface area contributed by atoms with Crippen LogP contribution in [-0.4, -0.2) is 35.8 Å². The molecule has 0 radical (unpaired) electrons. The normalized spacial score (nSPS) is 15.5. The van der Waals surface area contributed by atoms with Crippen molar-refractivity contribution in [3.63, 3.8) is 0 Å². The molecule has 6 heteroatoms. The Morgan fingerprint density at radius 2 is 1.92 bits per heavy atom. The highest BCUT2D eigenvalue weighted by atomic mass is 32.1. The number of piperidine rings is 1. The molecule has 5 nitrogen and oxygen atoms in total. The Morgan fingerprint density at radius 1 is 1.12 bits per heavy atom. The smallest absolute Gasteiger partial charge is 0.161 e. The number of fused-ring (bicyclic) bond motifs is 1. The second-order valence-corrected chi connectivity index (χ2v) is 6.93. The van der Waals surface area contributed by atoms with Crippen molar-refractivity contribution in [1.82, 2.24) is 9.97 Å². The standard InChI is InChI=1S/C19H21N3O2S/c1-2-23-16-5-3-4-6-17(16)24-14-7-10-22(11-8-14)19-18-15(9-12-25-18)20-13-21-19/h3-6,9,12-14H,2,7-8,10-11H2,1H3. The van der Waals surface area contributed by atoms with Crippen LogP contribution in [0.2, 0.25) is 0 Å². The van der Waals surface area contributed by atoms with Gasteiger partial charge in [-0.05, 0) is 30.5 Å². The lowest BCUT2D eigenvalue weighted by molar-refractivity contribution is 0.162. The summed E-state index contributed by atoms with van der Waals surface area (Å²) in [6.45, 7) is 4.50. The second-order valence-electron chi connectivity index (χ2n) is 6.02. The van der Waals surface area contributed by atoms with Crippen LogP contribution in [0, 0.1) is 0 Å². The molecule has 4 rings (SSSR count). The Kier molecular flexibility index (Phi) is 4.70. The number of hydrogen-bond acceptors (Lipinski definition) is 6. The van der Waals surface area contributed by atoms with Crippen LogP contribution in [0.5, 0.6) is 11.5 Å². The molecule has 1 aliphatic heterocycles. The first-order chi connectivity index (χ1) is 12.3. The first kappa shape index (κ1) is 16.1. The third-order valence-electron chi connectivity index (χ3n) is 4.41. The number of benzene rings is 1. The van der Waals surface area contributed by atoms with Gasteiger partial charge < -0.3 is 14.4 Å². The summed E-state index contributed by atoms with van der Waals surface area (Å²) in [6.07, 6.45) is 3.80. The van der Waals surface area contributed by atoms with Crippen molar-refractivity contribution in [2.24, 2.45) is 0 Å². The summed E-state index contributed by atoms with van der Waals surface area (Å²) in [5.74, 6) is 2.71. The molecule has 1 aliphatic rings. The van der Waals surface area contributed by atoms with E-state index in [0.29, 0.717) is 6.61 Å². The number of nitrogens with zero attached hydrogens (tertiary/aromatic N) is 3. The van der Waals surface area contributed by atoms with Gasteiger partial charge in [-0.25, -0.2) is 9.97 Å². The van der Waals surface area contributed by atoms with Crippen molar-refractivity contribution < 1.29 is 9.47 Å². The van der Waals surface area contributed by atoms with Crippen molar-refractivity contribution in [3.8, 4) is 11.5 Å². The first-order valence-corrected chi connectivity index (χ1v) is 9.54. The summed E-state index contributed by atoms with van der Waals surface area (Å²) >= 11 is 1.70. The van der Waals surface area contributed by atoms with Crippen molar-refractivity contribution in [2.75, 3.05) is 24.6 Å². The molecule has 0 spiro atoms. The number of thiophene rings is 1. The third kappa shape index (κ3) is 3.39. The van der Waals surface area contributed by atoms with E-state index in [4.69, 9.17) is 9.47 Å². The van der Waals surface area contributed by atoms with Crippen LogP contribution in [0.3, 0.4) is 0 Å². The Morgan fingerprint density at radius 3 is 2.72 bits per heavy atom. The highest BCUT2D eigenvalue weighted by molar-refractivity contribution is 7.17. The Balaban J connectivity index is 1.43. The minimum absolute atomic E-state index is 0.207. The predicted octanol–water partition coefficient (Wildman–Crippen LogP) is 4.14.